The first-order chi connectivity index (χ1) is 14.6. The number of ether oxygens (including phenoxy) is 2. The standard InChI is InChI=1S/C23H17ClN2O4/c24-17-9-7-16(8-10-17)23(28)26-19-4-2-1-3-18(19)25-22(27)12-6-15-5-11-20-21(13-15)30-14-29-20/h1-13H,14H2,(H,25,27)(H,26,28)/b12-6+. The van der Waals surface area contributed by atoms with Crippen LogP contribution in [0.5, 0.6) is 11.5 Å². The maximum Gasteiger partial charge on any atom is 0.255 e. The Morgan fingerprint density at radius 3 is 2.33 bits per heavy atom. The summed E-state index contributed by atoms with van der Waals surface area (Å²) in [5, 5.41) is 6.13. The summed E-state index contributed by atoms with van der Waals surface area (Å²) in [5.74, 6) is 0.694. The molecule has 3 aromatic rings. The van der Waals surface area contributed by atoms with Crippen molar-refractivity contribution in [3.05, 3.63) is 89.0 Å². The Kier molecular flexibility index (Phi) is 5.68. The van der Waals surface area contributed by atoms with Gasteiger partial charge in [0, 0.05) is 16.7 Å². The molecule has 2 amide bonds. The Morgan fingerprint density at radius 2 is 1.57 bits per heavy atom. The van der Waals surface area contributed by atoms with Crippen LogP contribution in [0.2, 0.25) is 5.02 Å². The fraction of sp³-hybridized carbons (Fsp3) is 0.0435. The lowest BCUT2D eigenvalue weighted by molar-refractivity contribution is -0.111. The quantitative estimate of drug-likeness (QED) is 0.571. The van der Waals surface area contributed by atoms with Crippen LogP contribution in [0.1, 0.15) is 15.9 Å². The number of para-hydroxylation sites is 2. The van der Waals surface area contributed by atoms with E-state index in [0.717, 1.165) is 5.56 Å². The number of amides is 2. The second-order valence-corrected chi connectivity index (χ2v) is 6.88. The molecular formula is C23H17ClN2O4. The molecule has 0 bridgehead atoms. The van der Waals surface area contributed by atoms with Gasteiger partial charge in [-0.15, -0.1) is 0 Å². The lowest BCUT2D eigenvalue weighted by Gasteiger charge is -2.11. The molecule has 30 heavy (non-hydrogen) atoms. The van der Waals surface area contributed by atoms with Gasteiger partial charge in [0.05, 0.1) is 11.4 Å². The first-order valence-electron chi connectivity index (χ1n) is 9.13. The predicted molar refractivity (Wildman–Crippen MR) is 116 cm³/mol. The van der Waals surface area contributed by atoms with Gasteiger partial charge in [-0.3, -0.25) is 9.59 Å². The second kappa shape index (κ2) is 8.71. The van der Waals surface area contributed by atoms with E-state index in [1.807, 2.05) is 6.07 Å². The summed E-state index contributed by atoms with van der Waals surface area (Å²) in [4.78, 5) is 24.8. The van der Waals surface area contributed by atoms with Crippen molar-refractivity contribution in [1.82, 2.24) is 0 Å². The van der Waals surface area contributed by atoms with Crippen LogP contribution in [0.4, 0.5) is 11.4 Å². The molecular weight excluding hydrogens is 404 g/mol. The third-order valence-corrected chi connectivity index (χ3v) is 4.62. The van der Waals surface area contributed by atoms with Crippen LogP contribution in [-0.4, -0.2) is 18.6 Å². The van der Waals surface area contributed by atoms with Gasteiger partial charge in [-0.2, -0.15) is 0 Å². The smallest absolute Gasteiger partial charge is 0.255 e. The van der Waals surface area contributed by atoms with Crippen molar-refractivity contribution in [3.63, 3.8) is 0 Å². The zero-order valence-electron chi connectivity index (χ0n) is 15.7. The van der Waals surface area contributed by atoms with Gasteiger partial charge in [-0.05, 0) is 60.2 Å². The van der Waals surface area contributed by atoms with Crippen LogP contribution in [0.3, 0.4) is 0 Å². The van der Waals surface area contributed by atoms with Crippen molar-refractivity contribution in [2.75, 3.05) is 17.4 Å². The van der Waals surface area contributed by atoms with E-state index in [1.54, 1.807) is 66.7 Å². The molecule has 4 rings (SSSR count). The van der Waals surface area contributed by atoms with Gasteiger partial charge in [0.25, 0.3) is 5.91 Å². The van der Waals surface area contributed by atoms with Crippen molar-refractivity contribution in [1.29, 1.82) is 0 Å². The molecule has 1 aliphatic rings. The van der Waals surface area contributed by atoms with Gasteiger partial charge in [-0.25, -0.2) is 0 Å². The van der Waals surface area contributed by atoms with Crippen molar-refractivity contribution in [2.24, 2.45) is 0 Å². The lowest BCUT2D eigenvalue weighted by atomic mass is 10.2. The Balaban J connectivity index is 1.43. The minimum absolute atomic E-state index is 0.196. The summed E-state index contributed by atoms with van der Waals surface area (Å²) in [6, 6.07) is 18.9. The lowest BCUT2D eigenvalue weighted by Crippen LogP contribution is -2.15. The molecule has 0 aliphatic carbocycles. The van der Waals surface area contributed by atoms with E-state index in [9.17, 15) is 9.59 Å². The van der Waals surface area contributed by atoms with E-state index in [2.05, 4.69) is 10.6 Å². The number of hydrogen-bond acceptors (Lipinski definition) is 4. The van der Waals surface area contributed by atoms with Gasteiger partial charge in [0.2, 0.25) is 12.7 Å². The number of anilines is 2. The number of carbonyl (C=O) groups is 2. The summed E-state index contributed by atoms with van der Waals surface area (Å²) < 4.78 is 10.6. The van der Waals surface area contributed by atoms with Crippen molar-refractivity contribution < 1.29 is 19.1 Å². The minimum atomic E-state index is -0.333. The highest BCUT2D eigenvalue weighted by Crippen LogP contribution is 2.32. The van der Waals surface area contributed by atoms with Gasteiger partial charge >= 0.3 is 0 Å². The Hall–Kier alpha value is -3.77. The van der Waals surface area contributed by atoms with Gasteiger partial charge in [0.1, 0.15) is 0 Å². The van der Waals surface area contributed by atoms with E-state index >= 15 is 0 Å². The molecule has 0 spiro atoms. The molecule has 0 saturated heterocycles. The molecule has 2 N–H and O–H groups in total. The third-order valence-electron chi connectivity index (χ3n) is 4.36. The Labute approximate surface area is 178 Å². The maximum atomic E-state index is 12.5. The summed E-state index contributed by atoms with van der Waals surface area (Å²) >= 11 is 5.86. The van der Waals surface area contributed by atoms with E-state index in [1.165, 1.54) is 6.08 Å². The summed E-state index contributed by atoms with van der Waals surface area (Å²) in [5.41, 5.74) is 2.24. The third kappa shape index (κ3) is 4.61. The fourth-order valence-corrected chi connectivity index (χ4v) is 2.99. The predicted octanol–water partition coefficient (Wildman–Crippen LogP) is 4.97. The highest BCUT2D eigenvalue weighted by Gasteiger charge is 2.13. The summed E-state index contributed by atoms with van der Waals surface area (Å²) in [6.07, 6.45) is 3.08. The first kappa shape index (κ1) is 19.5. The van der Waals surface area contributed by atoms with Gasteiger partial charge < -0.3 is 20.1 Å². The second-order valence-electron chi connectivity index (χ2n) is 6.44. The van der Waals surface area contributed by atoms with Crippen LogP contribution < -0.4 is 20.1 Å². The monoisotopic (exact) mass is 420 g/mol. The zero-order chi connectivity index (χ0) is 20.9. The normalized spacial score (nSPS) is 12.0. The molecule has 0 saturated carbocycles. The molecule has 1 aliphatic heterocycles. The highest BCUT2D eigenvalue weighted by atomic mass is 35.5. The number of rotatable bonds is 5. The molecule has 6 nitrogen and oxygen atoms in total. The van der Waals surface area contributed by atoms with E-state index in [-0.39, 0.29) is 18.6 Å². The van der Waals surface area contributed by atoms with Crippen molar-refractivity contribution >= 4 is 40.9 Å². The molecule has 0 unspecified atom stereocenters. The fourth-order valence-electron chi connectivity index (χ4n) is 2.86. The van der Waals surface area contributed by atoms with Gasteiger partial charge in [-0.1, -0.05) is 29.8 Å². The van der Waals surface area contributed by atoms with Crippen LogP contribution in [0.15, 0.2) is 72.8 Å². The van der Waals surface area contributed by atoms with E-state index in [4.69, 9.17) is 21.1 Å². The Morgan fingerprint density at radius 1 is 0.867 bits per heavy atom. The number of hydrogen-bond donors (Lipinski definition) is 2. The number of fused-ring (bicyclic) bond motifs is 1. The number of nitrogens with one attached hydrogen (secondary N) is 2. The zero-order valence-corrected chi connectivity index (χ0v) is 16.5. The maximum absolute atomic E-state index is 12.5. The highest BCUT2D eigenvalue weighted by molar-refractivity contribution is 6.30. The topological polar surface area (TPSA) is 76.7 Å². The van der Waals surface area contributed by atoms with Crippen molar-refractivity contribution in [3.8, 4) is 11.5 Å². The first-order valence-corrected chi connectivity index (χ1v) is 9.51. The van der Waals surface area contributed by atoms with Crippen LogP contribution in [0.25, 0.3) is 6.08 Å². The van der Waals surface area contributed by atoms with Crippen LogP contribution >= 0.6 is 11.6 Å². The molecule has 0 atom stereocenters. The summed E-state index contributed by atoms with van der Waals surface area (Å²) in [6.45, 7) is 0.196. The molecule has 0 radical (unpaired) electrons. The van der Waals surface area contributed by atoms with E-state index < -0.39 is 0 Å². The average molecular weight is 421 g/mol. The number of halogens is 1. The molecule has 150 valence electrons. The number of carbonyl (C=O) groups excluding carboxylic acids is 2. The van der Waals surface area contributed by atoms with Crippen LogP contribution in [0, 0.1) is 0 Å². The average Bonchev–Trinajstić information content (AvgIpc) is 3.22. The molecule has 7 heteroatoms. The molecule has 1 heterocycles. The van der Waals surface area contributed by atoms with Crippen molar-refractivity contribution in [2.45, 2.75) is 0 Å². The Bertz CT molecular complexity index is 1130. The largest absolute Gasteiger partial charge is 0.454 e. The van der Waals surface area contributed by atoms with Gasteiger partial charge in [0.15, 0.2) is 11.5 Å². The molecule has 3 aromatic carbocycles. The van der Waals surface area contributed by atoms with E-state index in [0.29, 0.717) is 33.5 Å². The minimum Gasteiger partial charge on any atom is -0.454 e. The molecule has 0 aromatic heterocycles. The molecule has 0 fully saturated rings. The number of benzene rings is 3. The SMILES string of the molecule is O=C(/C=C/c1ccc2c(c1)OCO2)Nc1ccccc1NC(=O)c1ccc(Cl)cc1. The summed E-state index contributed by atoms with van der Waals surface area (Å²) in [7, 11) is 0. The van der Waals surface area contributed by atoms with Crippen LogP contribution in [-0.2, 0) is 4.79 Å².